The molecule has 0 amide bonds. The van der Waals surface area contributed by atoms with Crippen LogP contribution in [0, 0.1) is 10.1 Å². The molecule has 0 bridgehead atoms. The highest BCUT2D eigenvalue weighted by atomic mass is 19.4. The van der Waals surface area contributed by atoms with Crippen molar-refractivity contribution in [3.8, 4) is 5.88 Å². The van der Waals surface area contributed by atoms with E-state index in [0.717, 1.165) is 12.1 Å². The van der Waals surface area contributed by atoms with Crippen molar-refractivity contribution >= 4 is 11.7 Å². The van der Waals surface area contributed by atoms with Gasteiger partial charge in [0.15, 0.2) is 5.69 Å². The number of hydrogen-bond donors (Lipinski definition) is 1. The zero-order valence-corrected chi connectivity index (χ0v) is 9.88. The van der Waals surface area contributed by atoms with Crippen molar-refractivity contribution in [1.82, 2.24) is 4.98 Å². The van der Waals surface area contributed by atoms with E-state index in [9.17, 15) is 28.1 Å². The number of hydrogen-bond acceptors (Lipinski definition) is 5. The third kappa shape index (κ3) is 4.71. The molecule has 1 aromatic rings. The molecule has 10 heteroatoms. The topological polar surface area (TPSA) is 103 Å². The van der Waals surface area contributed by atoms with E-state index in [4.69, 9.17) is 9.84 Å². The largest absolute Gasteiger partial charge is 0.477 e. The molecule has 0 saturated carbocycles. The van der Waals surface area contributed by atoms with Crippen LogP contribution in [0.5, 0.6) is 5.88 Å². The first-order chi connectivity index (χ1) is 9.20. The maximum Gasteiger partial charge on any atom is 0.389 e. The number of carboxylic acid groups (broad SMARTS) is 1. The molecule has 0 saturated heterocycles. The van der Waals surface area contributed by atoms with Crippen LogP contribution in [0.15, 0.2) is 12.1 Å². The molecular weight excluding hydrogens is 285 g/mol. The molecule has 0 atom stereocenters. The van der Waals surface area contributed by atoms with E-state index >= 15 is 0 Å². The zero-order chi connectivity index (χ0) is 15.3. The first-order valence-electron chi connectivity index (χ1n) is 5.29. The third-order valence-corrected chi connectivity index (χ3v) is 2.10. The van der Waals surface area contributed by atoms with Crippen LogP contribution in [0.2, 0.25) is 0 Å². The number of alkyl halides is 3. The molecule has 0 aromatic carbocycles. The van der Waals surface area contributed by atoms with Gasteiger partial charge in [0.2, 0.25) is 0 Å². The van der Waals surface area contributed by atoms with Gasteiger partial charge in [-0.25, -0.2) is 9.78 Å². The summed E-state index contributed by atoms with van der Waals surface area (Å²) in [7, 11) is 0. The molecule has 0 fully saturated rings. The number of halogens is 3. The van der Waals surface area contributed by atoms with Gasteiger partial charge >= 0.3 is 17.8 Å². The predicted octanol–water partition coefficient (Wildman–Crippen LogP) is 2.41. The number of pyridine rings is 1. The summed E-state index contributed by atoms with van der Waals surface area (Å²) < 4.78 is 40.5. The van der Waals surface area contributed by atoms with Gasteiger partial charge in [0.25, 0.3) is 5.88 Å². The van der Waals surface area contributed by atoms with Gasteiger partial charge in [0, 0.05) is 12.5 Å². The standard InChI is InChI=1S/C10H9F3N2O5/c11-10(12,13)4-1-5-20-8-7(15(18)19)3-2-6(14-8)9(16)17/h2-3H,1,4-5H2,(H,16,17). The van der Waals surface area contributed by atoms with E-state index in [1.807, 2.05) is 0 Å². The number of nitrogens with zero attached hydrogens (tertiary/aromatic N) is 2. The van der Waals surface area contributed by atoms with Gasteiger partial charge in [-0.3, -0.25) is 10.1 Å². The number of aromatic nitrogens is 1. The van der Waals surface area contributed by atoms with Crippen LogP contribution in [0.1, 0.15) is 23.3 Å². The van der Waals surface area contributed by atoms with E-state index in [-0.39, 0.29) is 0 Å². The van der Waals surface area contributed by atoms with Crippen LogP contribution < -0.4 is 4.74 Å². The predicted molar refractivity (Wildman–Crippen MR) is 58.6 cm³/mol. The number of aromatic carboxylic acids is 1. The molecule has 0 aliphatic heterocycles. The van der Waals surface area contributed by atoms with Crippen LogP contribution in [0.3, 0.4) is 0 Å². The first kappa shape index (κ1) is 15.7. The number of nitro groups is 1. The molecule has 1 heterocycles. The van der Waals surface area contributed by atoms with E-state index in [1.54, 1.807) is 0 Å². The fourth-order valence-electron chi connectivity index (χ4n) is 1.24. The molecule has 110 valence electrons. The average Bonchev–Trinajstić information content (AvgIpc) is 2.33. The Morgan fingerprint density at radius 2 is 2.10 bits per heavy atom. The SMILES string of the molecule is O=C(O)c1ccc([N+](=O)[O-])c(OCCCC(F)(F)F)n1. The number of rotatable bonds is 6. The second-order valence-electron chi connectivity index (χ2n) is 3.65. The average molecular weight is 294 g/mol. The Hall–Kier alpha value is -2.39. The van der Waals surface area contributed by atoms with Crippen LogP contribution in [0.4, 0.5) is 18.9 Å². The van der Waals surface area contributed by atoms with Crippen molar-refractivity contribution in [3.05, 3.63) is 27.9 Å². The Morgan fingerprint density at radius 3 is 2.60 bits per heavy atom. The molecule has 0 radical (unpaired) electrons. The second kappa shape index (κ2) is 6.17. The Labute approximate surface area is 110 Å². The molecule has 1 rings (SSSR count). The van der Waals surface area contributed by atoms with Gasteiger partial charge in [-0.05, 0) is 12.5 Å². The van der Waals surface area contributed by atoms with E-state index < -0.39 is 53.8 Å². The Morgan fingerprint density at radius 1 is 1.45 bits per heavy atom. The zero-order valence-electron chi connectivity index (χ0n) is 9.88. The molecule has 1 aromatic heterocycles. The maximum atomic E-state index is 11.9. The lowest BCUT2D eigenvalue weighted by molar-refractivity contribution is -0.386. The lowest BCUT2D eigenvalue weighted by atomic mass is 10.3. The van der Waals surface area contributed by atoms with Crippen LogP contribution in [-0.4, -0.2) is 33.8 Å². The van der Waals surface area contributed by atoms with Gasteiger partial charge in [0.05, 0.1) is 11.5 Å². The summed E-state index contributed by atoms with van der Waals surface area (Å²) in [4.78, 5) is 23.8. The number of ether oxygens (including phenoxy) is 1. The minimum Gasteiger partial charge on any atom is -0.477 e. The second-order valence-corrected chi connectivity index (χ2v) is 3.65. The summed E-state index contributed by atoms with van der Waals surface area (Å²) >= 11 is 0. The molecule has 0 aliphatic rings. The van der Waals surface area contributed by atoms with Crippen molar-refractivity contribution in [2.45, 2.75) is 19.0 Å². The molecule has 7 nitrogen and oxygen atoms in total. The lowest BCUT2D eigenvalue weighted by Gasteiger charge is -2.08. The van der Waals surface area contributed by atoms with Gasteiger partial charge in [-0.15, -0.1) is 0 Å². The summed E-state index contributed by atoms with van der Waals surface area (Å²) in [5.41, 5.74) is -1.11. The molecule has 20 heavy (non-hydrogen) atoms. The van der Waals surface area contributed by atoms with Crippen LogP contribution in [0.25, 0.3) is 0 Å². The number of carbonyl (C=O) groups is 1. The Bertz CT molecular complexity index is 518. The van der Waals surface area contributed by atoms with Gasteiger partial charge in [-0.1, -0.05) is 0 Å². The van der Waals surface area contributed by atoms with Crippen molar-refractivity contribution in [2.75, 3.05) is 6.61 Å². The van der Waals surface area contributed by atoms with E-state index in [2.05, 4.69) is 4.98 Å². The summed E-state index contributed by atoms with van der Waals surface area (Å²) in [6.45, 7) is -0.462. The maximum absolute atomic E-state index is 11.9. The highest BCUT2D eigenvalue weighted by Crippen LogP contribution is 2.26. The molecule has 0 unspecified atom stereocenters. The summed E-state index contributed by atoms with van der Waals surface area (Å²) in [6.07, 6.45) is -5.88. The summed E-state index contributed by atoms with van der Waals surface area (Å²) in [6, 6.07) is 1.78. The number of carboxylic acids is 1. The highest BCUT2D eigenvalue weighted by molar-refractivity contribution is 5.85. The minimum absolute atomic E-state index is 0.417. The van der Waals surface area contributed by atoms with Crippen LogP contribution >= 0.6 is 0 Å². The molecule has 0 spiro atoms. The van der Waals surface area contributed by atoms with Crippen molar-refractivity contribution in [3.63, 3.8) is 0 Å². The monoisotopic (exact) mass is 294 g/mol. The van der Waals surface area contributed by atoms with E-state index in [0.29, 0.717) is 0 Å². The quantitative estimate of drug-likeness (QED) is 0.491. The molecule has 0 aliphatic carbocycles. The highest BCUT2D eigenvalue weighted by Gasteiger charge is 2.26. The van der Waals surface area contributed by atoms with E-state index in [1.165, 1.54) is 0 Å². The normalized spacial score (nSPS) is 11.2. The smallest absolute Gasteiger partial charge is 0.389 e. The minimum atomic E-state index is -4.36. The van der Waals surface area contributed by atoms with Crippen molar-refractivity contribution < 1.29 is 32.7 Å². The van der Waals surface area contributed by atoms with Gasteiger partial charge < -0.3 is 9.84 Å². The summed E-state index contributed by atoms with van der Waals surface area (Å²) in [5, 5.41) is 19.3. The van der Waals surface area contributed by atoms with Crippen LogP contribution in [-0.2, 0) is 0 Å². The fraction of sp³-hybridized carbons (Fsp3) is 0.400. The lowest BCUT2D eigenvalue weighted by Crippen LogP contribution is -2.11. The molecular formula is C10H9F3N2O5. The Kier molecular flexibility index (Phi) is 4.83. The molecule has 1 N–H and O–H groups in total. The van der Waals surface area contributed by atoms with Crippen molar-refractivity contribution in [1.29, 1.82) is 0 Å². The fourth-order valence-corrected chi connectivity index (χ4v) is 1.24. The summed E-state index contributed by atoms with van der Waals surface area (Å²) in [5.74, 6) is -2.04. The van der Waals surface area contributed by atoms with Gasteiger partial charge in [0.1, 0.15) is 0 Å². The third-order valence-electron chi connectivity index (χ3n) is 2.10. The first-order valence-corrected chi connectivity index (χ1v) is 5.29. The van der Waals surface area contributed by atoms with Crippen molar-refractivity contribution in [2.24, 2.45) is 0 Å². The Balaban J connectivity index is 2.78. The van der Waals surface area contributed by atoms with Gasteiger partial charge in [-0.2, -0.15) is 13.2 Å².